The Morgan fingerprint density at radius 3 is 1.87 bits per heavy atom. The molecule has 90 valence electrons. The van der Waals surface area contributed by atoms with Gasteiger partial charge < -0.3 is 9.64 Å². The summed E-state index contributed by atoms with van der Waals surface area (Å²) in [7, 11) is 1.87. The molecular formula is C13H27NO. The summed E-state index contributed by atoms with van der Waals surface area (Å²) in [6, 6.07) is 0.667. The van der Waals surface area contributed by atoms with Gasteiger partial charge in [-0.25, -0.2) is 0 Å². The van der Waals surface area contributed by atoms with Crippen LogP contribution in [-0.4, -0.2) is 36.7 Å². The molecular weight excluding hydrogens is 186 g/mol. The van der Waals surface area contributed by atoms with Gasteiger partial charge in [-0.1, -0.05) is 20.8 Å². The van der Waals surface area contributed by atoms with Crippen LogP contribution in [0.1, 0.15) is 47.5 Å². The van der Waals surface area contributed by atoms with Crippen molar-refractivity contribution in [1.82, 2.24) is 4.90 Å². The summed E-state index contributed by atoms with van der Waals surface area (Å²) in [5.41, 5.74) is 0.323. The quantitative estimate of drug-likeness (QED) is 0.699. The molecule has 1 aliphatic rings. The van der Waals surface area contributed by atoms with Gasteiger partial charge >= 0.3 is 0 Å². The number of likely N-dealkylation sites (tertiary alicyclic amines) is 1. The monoisotopic (exact) mass is 213 g/mol. The van der Waals surface area contributed by atoms with Crippen LogP contribution in [0, 0.1) is 5.41 Å². The fourth-order valence-electron chi connectivity index (χ4n) is 2.66. The van der Waals surface area contributed by atoms with E-state index in [0.29, 0.717) is 6.04 Å². The highest BCUT2D eigenvalue weighted by Crippen LogP contribution is 2.41. The first kappa shape index (κ1) is 13.0. The number of nitrogens with zero attached hydrogens (tertiary/aromatic N) is 1. The van der Waals surface area contributed by atoms with Crippen molar-refractivity contribution in [3.63, 3.8) is 0 Å². The van der Waals surface area contributed by atoms with E-state index in [2.05, 4.69) is 39.5 Å². The summed E-state index contributed by atoms with van der Waals surface area (Å²) in [6.07, 6.45) is 2.32. The number of piperidine rings is 1. The fourth-order valence-corrected chi connectivity index (χ4v) is 2.66. The second-order valence-corrected chi connectivity index (χ2v) is 6.08. The SMILES string of the molecule is COC1(C(C)(C)C)CCN(C(C)C)CC1. The van der Waals surface area contributed by atoms with E-state index in [1.165, 1.54) is 13.1 Å². The van der Waals surface area contributed by atoms with Crippen LogP contribution in [0.5, 0.6) is 0 Å². The lowest BCUT2D eigenvalue weighted by Crippen LogP contribution is -2.54. The van der Waals surface area contributed by atoms with Crippen LogP contribution in [0.15, 0.2) is 0 Å². The molecule has 0 aromatic heterocycles. The zero-order valence-corrected chi connectivity index (χ0v) is 11.3. The van der Waals surface area contributed by atoms with Crippen LogP contribution in [0.2, 0.25) is 0 Å². The number of ether oxygens (including phenoxy) is 1. The summed E-state index contributed by atoms with van der Waals surface area (Å²) in [5, 5.41) is 0. The Morgan fingerprint density at radius 2 is 1.60 bits per heavy atom. The minimum Gasteiger partial charge on any atom is -0.378 e. The van der Waals surface area contributed by atoms with Crippen LogP contribution < -0.4 is 0 Å². The Labute approximate surface area is 95.0 Å². The van der Waals surface area contributed by atoms with Crippen LogP contribution in [0.25, 0.3) is 0 Å². The minimum absolute atomic E-state index is 0.0817. The molecule has 0 aromatic carbocycles. The van der Waals surface area contributed by atoms with Gasteiger partial charge in [-0.2, -0.15) is 0 Å². The van der Waals surface area contributed by atoms with E-state index >= 15 is 0 Å². The molecule has 15 heavy (non-hydrogen) atoms. The van der Waals surface area contributed by atoms with E-state index < -0.39 is 0 Å². The van der Waals surface area contributed by atoms with Gasteiger partial charge in [0.1, 0.15) is 0 Å². The van der Waals surface area contributed by atoms with E-state index in [1.807, 2.05) is 7.11 Å². The molecule has 0 amide bonds. The average Bonchev–Trinajstić information content (AvgIpc) is 2.16. The van der Waals surface area contributed by atoms with Gasteiger partial charge in [0.25, 0.3) is 0 Å². The molecule has 0 N–H and O–H groups in total. The van der Waals surface area contributed by atoms with Crippen molar-refractivity contribution in [3.05, 3.63) is 0 Å². The summed E-state index contributed by atoms with van der Waals surface area (Å²) in [6.45, 7) is 13.8. The normalized spacial score (nSPS) is 23.4. The first-order valence-corrected chi connectivity index (χ1v) is 6.11. The lowest BCUT2D eigenvalue weighted by molar-refractivity contribution is -0.129. The van der Waals surface area contributed by atoms with Crippen LogP contribution in [0.3, 0.4) is 0 Å². The maximum atomic E-state index is 5.84. The molecule has 0 aliphatic carbocycles. The van der Waals surface area contributed by atoms with Gasteiger partial charge in [0.2, 0.25) is 0 Å². The maximum Gasteiger partial charge on any atom is 0.0751 e. The molecule has 0 unspecified atom stereocenters. The summed E-state index contributed by atoms with van der Waals surface area (Å²) < 4.78 is 5.84. The Hall–Kier alpha value is -0.0800. The van der Waals surface area contributed by atoms with E-state index in [9.17, 15) is 0 Å². The zero-order chi connectivity index (χ0) is 11.7. The van der Waals surface area contributed by atoms with Gasteiger partial charge in [-0.05, 0) is 32.1 Å². The molecule has 0 aromatic rings. The van der Waals surface area contributed by atoms with Crippen molar-refractivity contribution in [3.8, 4) is 0 Å². The molecule has 0 bridgehead atoms. The smallest absolute Gasteiger partial charge is 0.0751 e. The molecule has 1 saturated heterocycles. The van der Waals surface area contributed by atoms with Gasteiger partial charge in [0.05, 0.1) is 5.60 Å². The Bertz CT molecular complexity index is 197. The third kappa shape index (κ3) is 2.54. The first-order chi connectivity index (χ1) is 6.82. The van der Waals surface area contributed by atoms with Crippen molar-refractivity contribution in [2.24, 2.45) is 5.41 Å². The van der Waals surface area contributed by atoms with E-state index in [1.54, 1.807) is 0 Å². The van der Waals surface area contributed by atoms with Gasteiger partial charge in [0, 0.05) is 26.2 Å². The lowest BCUT2D eigenvalue weighted by atomic mass is 9.70. The highest BCUT2D eigenvalue weighted by atomic mass is 16.5. The molecule has 2 nitrogen and oxygen atoms in total. The minimum atomic E-state index is 0.0817. The van der Waals surface area contributed by atoms with Gasteiger partial charge in [0.15, 0.2) is 0 Å². The molecule has 1 fully saturated rings. The van der Waals surface area contributed by atoms with Crippen LogP contribution in [-0.2, 0) is 4.74 Å². The maximum absolute atomic E-state index is 5.84. The van der Waals surface area contributed by atoms with Crippen molar-refractivity contribution in [2.75, 3.05) is 20.2 Å². The second-order valence-electron chi connectivity index (χ2n) is 6.08. The second kappa shape index (κ2) is 4.42. The summed E-state index contributed by atoms with van der Waals surface area (Å²) >= 11 is 0. The molecule has 1 heterocycles. The first-order valence-electron chi connectivity index (χ1n) is 6.11. The number of hydrogen-bond donors (Lipinski definition) is 0. The number of rotatable bonds is 2. The number of hydrogen-bond acceptors (Lipinski definition) is 2. The Morgan fingerprint density at radius 1 is 1.13 bits per heavy atom. The highest BCUT2D eigenvalue weighted by molar-refractivity contribution is 4.96. The van der Waals surface area contributed by atoms with Gasteiger partial charge in [-0.15, -0.1) is 0 Å². The molecule has 0 atom stereocenters. The molecule has 0 radical (unpaired) electrons. The largest absolute Gasteiger partial charge is 0.378 e. The lowest BCUT2D eigenvalue weighted by Gasteiger charge is -2.49. The van der Waals surface area contributed by atoms with Crippen molar-refractivity contribution in [1.29, 1.82) is 0 Å². The highest BCUT2D eigenvalue weighted by Gasteiger charge is 2.44. The Kier molecular flexibility index (Phi) is 3.83. The average molecular weight is 213 g/mol. The van der Waals surface area contributed by atoms with Crippen molar-refractivity contribution in [2.45, 2.75) is 59.1 Å². The Balaban J connectivity index is 2.67. The van der Waals surface area contributed by atoms with Crippen LogP contribution in [0.4, 0.5) is 0 Å². The van der Waals surface area contributed by atoms with E-state index in [-0.39, 0.29) is 11.0 Å². The standard InChI is InChI=1S/C13H27NO/c1-11(2)14-9-7-13(15-6,8-10-14)12(3,4)5/h11H,7-10H2,1-6H3. The van der Waals surface area contributed by atoms with E-state index in [0.717, 1.165) is 12.8 Å². The van der Waals surface area contributed by atoms with Gasteiger partial charge in [-0.3, -0.25) is 0 Å². The predicted octanol–water partition coefficient (Wildman–Crippen LogP) is 2.92. The van der Waals surface area contributed by atoms with Crippen molar-refractivity contribution < 1.29 is 4.74 Å². The van der Waals surface area contributed by atoms with Crippen LogP contribution >= 0.6 is 0 Å². The molecule has 1 rings (SSSR count). The van der Waals surface area contributed by atoms with E-state index in [4.69, 9.17) is 4.74 Å². The fraction of sp³-hybridized carbons (Fsp3) is 1.00. The zero-order valence-electron chi connectivity index (χ0n) is 11.3. The topological polar surface area (TPSA) is 12.5 Å². The summed E-state index contributed by atoms with van der Waals surface area (Å²) in [5.74, 6) is 0. The molecule has 1 aliphatic heterocycles. The third-order valence-corrected chi connectivity index (χ3v) is 4.09. The molecule has 0 saturated carbocycles. The predicted molar refractivity (Wildman–Crippen MR) is 65.1 cm³/mol. The van der Waals surface area contributed by atoms with Crippen molar-refractivity contribution >= 4 is 0 Å². The number of methoxy groups -OCH3 is 1. The third-order valence-electron chi connectivity index (χ3n) is 4.09. The summed E-state index contributed by atoms with van der Waals surface area (Å²) in [4.78, 5) is 2.54. The molecule has 2 heteroatoms. The molecule has 0 spiro atoms.